The van der Waals surface area contributed by atoms with Gasteiger partial charge in [-0.15, -0.1) is 0 Å². The van der Waals surface area contributed by atoms with Crippen LogP contribution in [-0.2, 0) is 6.54 Å². The smallest absolute Gasteiger partial charge is 0.356 e. The van der Waals surface area contributed by atoms with E-state index in [1.165, 1.54) is 0 Å². The van der Waals surface area contributed by atoms with Crippen LogP contribution in [-0.4, -0.2) is 48.0 Å². The molecule has 2 aromatic heterocycles. The molecule has 1 atom stereocenters. The van der Waals surface area contributed by atoms with Crippen LogP contribution in [0.25, 0.3) is 0 Å². The van der Waals surface area contributed by atoms with Crippen molar-refractivity contribution in [1.82, 2.24) is 19.1 Å². The topological polar surface area (TPSA) is 90.0 Å². The van der Waals surface area contributed by atoms with Gasteiger partial charge in [-0.05, 0) is 6.42 Å². The Morgan fingerprint density at radius 3 is 2.87 bits per heavy atom. The van der Waals surface area contributed by atoms with Crippen LogP contribution in [0.5, 0.6) is 0 Å². The molecule has 4 heterocycles. The second kappa shape index (κ2) is 6.79. The van der Waals surface area contributed by atoms with E-state index >= 15 is 0 Å². The molecule has 0 aliphatic carbocycles. The lowest BCUT2D eigenvalue weighted by Crippen LogP contribution is -2.03. The monoisotopic (exact) mass is 352 g/mol. The third-order valence-electron chi connectivity index (χ3n) is 3.63. The second-order valence-electron chi connectivity index (χ2n) is 5.10. The molecule has 0 amide bonds. The number of rotatable bonds is 3. The lowest BCUT2D eigenvalue weighted by atomic mass is 10.2. The highest BCUT2D eigenvalue weighted by Crippen LogP contribution is 2.34. The number of aryl methyl sites for hydroxylation is 1. The van der Waals surface area contributed by atoms with Crippen LogP contribution in [0.15, 0.2) is 22.7 Å². The first-order valence-electron chi connectivity index (χ1n) is 7.22. The highest BCUT2D eigenvalue weighted by Gasteiger charge is 2.24. The van der Waals surface area contributed by atoms with Crippen molar-refractivity contribution < 1.29 is 14.7 Å². The Morgan fingerprint density at radius 2 is 2.22 bits per heavy atom. The number of carboxylic acids is 1. The molecule has 122 valence electrons. The number of carbonyl (C=O) groups is 2. The van der Waals surface area contributed by atoms with E-state index < -0.39 is 5.97 Å². The Morgan fingerprint density at radius 1 is 1.39 bits per heavy atom. The minimum atomic E-state index is -0.947. The van der Waals surface area contributed by atoms with E-state index in [-0.39, 0.29) is 5.69 Å². The zero-order valence-electron chi connectivity index (χ0n) is 12.5. The van der Waals surface area contributed by atoms with Crippen LogP contribution in [0.1, 0.15) is 40.4 Å². The van der Waals surface area contributed by atoms with Crippen LogP contribution in [0.4, 0.5) is 0 Å². The minimum Gasteiger partial charge on any atom is -0.476 e. The predicted molar refractivity (Wildman–Crippen MR) is 87.6 cm³/mol. The summed E-state index contributed by atoms with van der Waals surface area (Å²) in [7, 11) is 0. The highest BCUT2D eigenvalue weighted by atomic mass is 32.2. The van der Waals surface area contributed by atoms with E-state index in [1.54, 1.807) is 35.9 Å². The van der Waals surface area contributed by atoms with Crippen LogP contribution in [0.3, 0.4) is 0 Å². The molecule has 0 fully saturated rings. The quantitative estimate of drug-likeness (QED) is 0.849. The number of carboxylic acid groups (broad SMARTS) is 1. The van der Waals surface area contributed by atoms with E-state index in [0.717, 1.165) is 41.1 Å². The molecule has 0 spiro atoms. The van der Waals surface area contributed by atoms with Crippen molar-refractivity contribution in [2.24, 2.45) is 0 Å². The van der Waals surface area contributed by atoms with Gasteiger partial charge in [-0.2, -0.15) is 0 Å². The van der Waals surface area contributed by atoms with Gasteiger partial charge in [0.1, 0.15) is 5.69 Å². The summed E-state index contributed by atoms with van der Waals surface area (Å²) >= 11 is 3.32. The molecule has 23 heavy (non-hydrogen) atoms. The van der Waals surface area contributed by atoms with Gasteiger partial charge < -0.3 is 14.2 Å². The Hall–Kier alpha value is -1.74. The van der Waals surface area contributed by atoms with E-state index in [2.05, 4.69) is 16.9 Å². The van der Waals surface area contributed by atoms with E-state index in [4.69, 9.17) is 5.11 Å². The standard InChI is InChI=1S/C8H10N2O2S.C6H6N2OS/c1-2-5-4-13-8-9-6(7(11)12)3-10(5)8;9-4-5-3-8-1-2-10-6(8)7-5/h3,5H,2,4H2,1H3,(H,11,12);3-4H,1-2H2. The number of nitrogens with zero attached hydrogens (tertiary/aromatic N) is 4. The molecular formula is C14H16N4O3S2. The molecule has 2 aliphatic rings. The van der Waals surface area contributed by atoms with Gasteiger partial charge in [0.05, 0.1) is 0 Å². The van der Waals surface area contributed by atoms with Gasteiger partial charge in [0.2, 0.25) is 0 Å². The average Bonchev–Trinajstić information content (AvgIpc) is 3.26. The Bertz CT molecular complexity index is 719. The van der Waals surface area contributed by atoms with Crippen LogP contribution in [0, 0.1) is 0 Å². The van der Waals surface area contributed by atoms with E-state index in [9.17, 15) is 9.59 Å². The summed E-state index contributed by atoms with van der Waals surface area (Å²) < 4.78 is 3.97. The molecule has 9 heteroatoms. The third kappa shape index (κ3) is 3.30. The Kier molecular flexibility index (Phi) is 4.76. The lowest BCUT2D eigenvalue weighted by Gasteiger charge is -2.06. The number of hydrogen-bond donors (Lipinski definition) is 1. The number of aldehydes is 1. The van der Waals surface area contributed by atoms with Crippen molar-refractivity contribution in [3.05, 3.63) is 23.8 Å². The molecule has 0 aromatic carbocycles. The maximum absolute atomic E-state index is 10.6. The molecular weight excluding hydrogens is 336 g/mol. The predicted octanol–water partition coefficient (Wildman–Crippen LogP) is 2.44. The molecule has 2 aliphatic heterocycles. The summed E-state index contributed by atoms with van der Waals surface area (Å²) in [6.07, 6.45) is 5.23. The first kappa shape index (κ1) is 16.1. The number of fused-ring (bicyclic) bond motifs is 2. The molecule has 0 bridgehead atoms. The lowest BCUT2D eigenvalue weighted by molar-refractivity contribution is 0.0690. The van der Waals surface area contributed by atoms with Gasteiger partial charge in [-0.3, -0.25) is 4.79 Å². The van der Waals surface area contributed by atoms with Crippen molar-refractivity contribution in [2.45, 2.75) is 36.2 Å². The van der Waals surface area contributed by atoms with Crippen molar-refractivity contribution in [1.29, 1.82) is 0 Å². The number of hydrogen-bond acceptors (Lipinski definition) is 6. The fourth-order valence-electron chi connectivity index (χ4n) is 2.40. The summed E-state index contributed by atoms with van der Waals surface area (Å²) in [5.41, 5.74) is 0.697. The van der Waals surface area contributed by atoms with E-state index in [0.29, 0.717) is 11.7 Å². The van der Waals surface area contributed by atoms with Crippen LogP contribution in [0.2, 0.25) is 0 Å². The molecule has 1 N–H and O–H groups in total. The fraction of sp³-hybridized carbons (Fsp3) is 0.429. The SMILES string of the molecule is CCC1CSc2nc(C(=O)O)cn21.O=Cc1cn2c(n1)SCC2. The van der Waals surface area contributed by atoms with Crippen molar-refractivity contribution in [2.75, 3.05) is 11.5 Å². The summed E-state index contributed by atoms with van der Waals surface area (Å²) in [6.45, 7) is 3.08. The summed E-state index contributed by atoms with van der Waals surface area (Å²) in [5, 5.41) is 10.5. The van der Waals surface area contributed by atoms with Gasteiger partial charge >= 0.3 is 5.97 Å². The van der Waals surface area contributed by atoms with Gasteiger partial charge in [0.25, 0.3) is 0 Å². The summed E-state index contributed by atoms with van der Waals surface area (Å²) in [5.74, 6) is 1.15. The van der Waals surface area contributed by atoms with Crippen molar-refractivity contribution >= 4 is 35.8 Å². The number of imidazole rings is 2. The number of carbonyl (C=O) groups excluding carboxylic acids is 1. The number of thioether (sulfide) groups is 2. The third-order valence-corrected chi connectivity index (χ3v) is 5.71. The highest BCUT2D eigenvalue weighted by molar-refractivity contribution is 7.99. The average molecular weight is 352 g/mol. The zero-order valence-corrected chi connectivity index (χ0v) is 14.1. The number of aromatic carboxylic acids is 1. The first-order chi connectivity index (χ1) is 11.1. The second-order valence-corrected chi connectivity index (χ2v) is 7.15. The van der Waals surface area contributed by atoms with Gasteiger partial charge in [0.15, 0.2) is 22.3 Å². The maximum atomic E-state index is 10.6. The molecule has 0 saturated heterocycles. The van der Waals surface area contributed by atoms with Crippen molar-refractivity contribution in [3.63, 3.8) is 0 Å². The molecule has 0 saturated carbocycles. The Balaban J connectivity index is 0.000000140. The molecule has 7 nitrogen and oxygen atoms in total. The van der Waals surface area contributed by atoms with Crippen LogP contribution < -0.4 is 0 Å². The number of aromatic nitrogens is 4. The van der Waals surface area contributed by atoms with E-state index in [1.807, 2.05) is 9.13 Å². The maximum Gasteiger partial charge on any atom is 0.356 e. The fourth-order valence-corrected chi connectivity index (χ4v) is 4.60. The van der Waals surface area contributed by atoms with Crippen LogP contribution >= 0.6 is 23.5 Å². The summed E-state index contributed by atoms with van der Waals surface area (Å²) in [6, 6.07) is 0.417. The Labute approximate surface area is 141 Å². The molecule has 4 rings (SSSR count). The minimum absolute atomic E-state index is 0.153. The van der Waals surface area contributed by atoms with Gasteiger partial charge in [-0.1, -0.05) is 30.4 Å². The van der Waals surface area contributed by atoms with Crippen molar-refractivity contribution in [3.8, 4) is 0 Å². The molecule has 1 unspecified atom stereocenters. The normalized spacial score (nSPS) is 18.0. The van der Waals surface area contributed by atoms with Gasteiger partial charge in [0, 0.05) is 36.5 Å². The van der Waals surface area contributed by atoms with Gasteiger partial charge in [-0.25, -0.2) is 14.8 Å². The molecule has 2 aromatic rings. The summed E-state index contributed by atoms with van der Waals surface area (Å²) in [4.78, 5) is 28.9. The molecule has 0 radical (unpaired) electrons. The zero-order chi connectivity index (χ0) is 16.4. The largest absolute Gasteiger partial charge is 0.476 e. The first-order valence-corrected chi connectivity index (χ1v) is 9.19.